The molecule has 14 heteroatoms. The minimum Gasteiger partial charge on any atom is -0.494 e. The number of aliphatic hydroxyl groups excluding tert-OH is 1. The van der Waals surface area contributed by atoms with Crippen LogP contribution in [0.25, 0.3) is 11.1 Å². The zero-order chi connectivity index (χ0) is 40.5. The van der Waals surface area contributed by atoms with Gasteiger partial charge >= 0.3 is 0 Å². The standard InChI is InChI=1S/C44H55ClN8O5/c1-50-37-19-22-52(21-18-27-10-12-28(26-54)13-11-27)24-35(37)46-41(50)43(56)48-33-8-4-6-31(39(33)45)32-7-5-9-34(40(32)58-3)49-44(57)42-47-36-25-53(23-20-38(36)51(42)2)29-14-16-30(55)17-15-29/h4-9,26-30,55H,10-25H2,1-3H3,(H,48,56)(H,49,57). The number of halogens is 1. The first-order valence-corrected chi connectivity index (χ1v) is 21.3. The van der Waals surface area contributed by atoms with Gasteiger partial charge in [0.1, 0.15) is 12.0 Å². The molecule has 2 amide bonds. The van der Waals surface area contributed by atoms with Crippen LogP contribution in [0.2, 0.25) is 5.02 Å². The summed E-state index contributed by atoms with van der Waals surface area (Å²) < 4.78 is 9.69. The van der Waals surface area contributed by atoms with Crippen LogP contribution in [0.15, 0.2) is 36.4 Å². The van der Waals surface area contributed by atoms with Crippen LogP contribution < -0.4 is 15.4 Å². The summed E-state index contributed by atoms with van der Waals surface area (Å²) in [6.45, 7) is 4.20. The Bertz CT molecular complexity index is 2170. The average Bonchev–Trinajstić information content (AvgIpc) is 3.76. The molecule has 0 bridgehead atoms. The molecule has 0 saturated heterocycles. The van der Waals surface area contributed by atoms with Gasteiger partial charge in [-0.2, -0.15) is 0 Å². The second kappa shape index (κ2) is 17.3. The molecule has 58 heavy (non-hydrogen) atoms. The van der Waals surface area contributed by atoms with Gasteiger partial charge in [-0.1, -0.05) is 35.9 Å². The van der Waals surface area contributed by atoms with Crippen molar-refractivity contribution in [2.24, 2.45) is 25.9 Å². The normalized spacial score (nSPS) is 22.5. The molecular weight excluding hydrogens is 756 g/mol. The molecule has 3 N–H and O–H groups in total. The van der Waals surface area contributed by atoms with Crippen molar-refractivity contribution >= 4 is 41.1 Å². The van der Waals surface area contributed by atoms with E-state index < -0.39 is 0 Å². The summed E-state index contributed by atoms with van der Waals surface area (Å²) >= 11 is 7.05. The van der Waals surface area contributed by atoms with Crippen LogP contribution >= 0.6 is 11.6 Å². The minimum atomic E-state index is -0.346. The van der Waals surface area contributed by atoms with E-state index in [4.69, 9.17) is 26.3 Å². The molecule has 0 radical (unpaired) electrons. The van der Waals surface area contributed by atoms with Crippen LogP contribution in [0.5, 0.6) is 5.75 Å². The maximum absolute atomic E-state index is 13.8. The topological polar surface area (TPSA) is 147 Å². The molecule has 13 nitrogen and oxygen atoms in total. The number of hydrogen-bond donors (Lipinski definition) is 3. The van der Waals surface area contributed by atoms with Crippen LogP contribution in [-0.2, 0) is 44.8 Å². The molecule has 2 aliphatic heterocycles. The Kier molecular flexibility index (Phi) is 12.0. The van der Waals surface area contributed by atoms with Crippen LogP contribution in [0.3, 0.4) is 0 Å². The van der Waals surface area contributed by atoms with E-state index >= 15 is 0 Å². The molecule has 2 aromatic heterocycles. The van der Waals surface area contributed by atoms with E-state index in [9.17, 15) is 19.5 Å². The van der Waals surface area contributed by atoms with Gasteiger partial charge in [-0.05, 0) is 82.4 Å². The number of hydrogen-bond acceptors (Lipinski definition) is 9. The third-order valence-electron chi connectivity index (χ3n) is 13.2. The van der Waals surface area contributed by atoms with Crippen LogP contribution in [0.4, 0.5) is 11.4 Å². The zero-order valence-corrected chi connectivity index (χ0v) is 34.6. The number of carbonyl (C=O) groups excluding carboxylic acids is 3. The molecule has 2 aliphatic carbocycles. The number of aliphatic hydroxyl groups is 1. The Balaban J connectivity index is 0.940. The first-order valence-electron chi connectivity index (χ1n) is 20.9. The van der Waals surface area contributed by atoms with Crippen LogP contribution in [0, 0.1) is 11.8 Å². The first-order chi connectivity index (χ1) is 28.1. The number of aldehydes is 1. The SMILES string of the molecule is COc1c(NC(=O)c2nc3c(n2C)CCN(C2CCC(O)CC2)C3)cccc1-c1cccc(NC(=O)c2nc3c(n2C)CCN(CCC2CCC(C=O)CC2)C3)c1Cl. The van der Waals surface area contributed by atoms with Gasteiger partial charge < -0.3 is 34.4 Å². The summed E-state index contributed by atoms with van der Waals surface area (Å²) in [4.78, 5) is 53.3. The quantitative estimate of drug-likeness (QED) is 0.147. The monoisotopic (exact) mass is 810 g/mol. The summed E-state index contributed by atoms with van der Waals surface area (Å²) in [6, 6.07) is 11.4. The highest BCUT2D eigenvalue weighted by Gasteiger charge is 2.32. The van der Waals surface area contributed by atoms with E-state index in [-0.39, 0.29) is 23.8 Å². The summed E-state index contributed by atoms with van der Waals surface area (Å²) in [5.74, 6) is 1.31. The molecule has 4 heterocycles. The van der Waals surface area contributed by atoms with E-state index in [1.807, 2.05) is 47.5 Å². The molecule has 0 spiro atoms. The number of ether oxygens (including phenoxy) is 1. The highest BCUT2D eigenvalue weighted by atomic mass is 35.5. The number of nitrogens with zero attached hydrogens (tertiary/aromatic N) is 6. The van der Waals surface area contributed by atoms with Gasteiger partial charge in [-0.3, -0.25) is 19.4 Å². The molecule has 2 aromatic carbocycles. The van der Waals surface area contributed by atoms with Gasteiger partial charge in [0.05, 0.1) is 41.0 Å². The largest absolute Gasteiger partial charge is 0.494 e. The third-order valence-corrected chi connectivity index (χ3v) is 13.6. The number of benzene rings is 2. The van der Waals surface area contributed by atoms with Crippen molar-refractivity contribution in [3.8, 4) is 16.9 Å². The Morgan fingerprint density at radius 3 is 2.09 bits per heavy atom. The molecule has 308 valence electrons. The highest BCUT2D eigenvalue weighted by molar-refractivity contribution is 6.36. The average molecular weight is 811 g/mol. The van der Waals surface area contributed by atoms with E-state index in [0.717, 1.165) is 119 Å². The fraction of sp³-hybridized carbons (Fsp3) is 0.523. The molecule has 4 aromatic rings. The lowest BCUT2D eigenvalue weighted by Crippen LogP contribution is -2.42. The number of para-hydroxylation sites is 1. The molecular formula is C44H55ClN8O5. The summed E-state index contributed by atoms with van der Waals surface area (Å²) in [6.07, 6.45) is 11.5. The second-order valence-corrected chi connectivity index (χ2v) is 17.0. The molecule has 0 atom stereocenters. The summed E-state index contributed by atoms with van der Waals surface area (Å²) in [5, 5.41) is 16.4. The zero-order valence-electron chi connectivity index (χ0n) is 33.8. The highest BCUT2D eigenvalue weighted by Crippen LogP contribution is 2.42. The Morgan fingerprint density at radius 1 is 0.828 bits per heavy atom. The van der Waals surface area contributed by atoms with E-state index in [1.165, 1.54) is 0 Å². The van der Waals surface area contributed by atoms with Gasteiger partial charge in [0.15, 0.2) is 11.6 Å². The van der Waals surface area contributed by atoms with Gasteiger partial charge in [0.2, 0.25) is 0 Å². The maximum atomic E-state index is 13.8. The van der Waals surface area contributed by atoms with Crippen molar-refractivity contribution in [2.45, 2.75) is 95.9 Å². The molecule has 2 fully saturated rings. The van der Waals surface area contributed by atoms with E-state index in [1.54, 1.807) is 19.2 Å². The van der Waals surface area contributed by atoms with Crippen LogP contribution in [-0.4, -0.2) is 91.0 Å². The minimum absolute atomic E-state index is 0.198. The molecule has 4 aliphatic rings. The van der Waals surface area contributed by atoms with Gasteiger partial charge in [0, 0.05) is 87.6 Å². The van der Waals surface area contributed by atoms with Gasteiger partial charge in [-0.25, -0.2) is 9.97 Å². The fourth-order valence-electron chi connectivity index (χ4n) is 9.70. The number of nitrogens with one attached hydrogen (secondary N) is 2. The number of imidazole rings is 2. The van der Waals surface area contributed by atoms with Crippen molar-refractivity contribution in [1.29, 1.82) is 0 Å². The maximum Gasteiger partial charge on any atom is 0.291 e. The number of carbonyl (C=O) groups is 3. The molecule has 8 rings (SSSR count). The first kappa shape index (κ1) is 40.2. The predicted octanol–water partition coefficient (Wildman–Crippen LogP) is 6.40. The molecule has 2 saturated carbocycles. The lowest BCUT2D eigenvalue weighted by atomic mass is 9.81. The lowest BCUT2D eigenvalue weighted by molar-refractivity contribution is -0.112. The lowest BCUT2D eigenvalue weighted by Gasteiger charge is -2.37. The van der Waals surface area contributed by atoms with Crippen LogP contribution in [0.1, 0.15) is 102 Å². The van der Waals surface area contributed by atoms with Crippen molar-refractivity contribution < 1.29 is 24.2 Å². The Morgan fingerprint density at radius 2 is 1.43 bits per heavy atom. The van der Waals surface area contributed by atoms with Crippen molar-refractivity contribution in [3.63, 3.8) is 0 Å². The van der Waals surface area contributed by atoms with E-state index in [2.05, 4.69) is 20.4 Å². The Hall–Kier alpha value is -4.56. The van der Waals surface area contributed by atoms with Gasteiger partial charge in [0.25, 0.3) is 11.8 Å². The Labute approximate surface area is 345 Å². The third kappa shape index (κ3) is 8.19. The second-order valence-electron chi connectivity index (χ2n) is 16.7. The number of anilines is 2. The van der Waals surface area contributed by atoms with Crippen molar-refractivity contribution in [2.75, 3.05) is 37.4 Å². The number of aromatic nitrogens is 4. The van der Waals surface area contributed by atoms with Crippen molar-refractivity contribution in [3.05, 3.63) is 75.8 Å². The number of amides is 2. The number of fused-ring (bicyclic) bond motifs is 2. The van der Waals surface area contributed by atoms with Crippen molar-refractivity contribution in [1.82, 2.24) is 28.9 Å². The summed E-state index contributed by atoms with van der Waals surface area (Å²) in [5.41, 5.74) is 6.18. The predicted molar refractivity (Wildman–Crippen MR) is 223 cm³/mol. The number of methoxy groups -OCH3 is 1. The molecule has 0 unspecified atom stereocenters. The summed E-state index contributed by atoms with van der Waals surface area (Å²) in [7, 11) is 5.33. The van der Waals surface area contributed by atoms with E-state index in [0.29, 0.717) is 70.0 Å². The van der Waals surface area contributed by atoms with Gasteiger partial charge in [-0.15, -0.1) is 0 Å². The number of rotatable bonds is 11. The smallest absolute Gasteiger partial charge is 0.291 e. The fourth-order valence-corrected chi connectivity index (χ4v) is 9.98.